The molecule has 0 saturated carbocycles. The predicted molar refractivity (Wildman–Crippen MR) is 127 cm³/mol. The second-order valence-corrected chi connectivity index (χ2v) is 8.33. The van der Waals surface area contributed by atoms with Gasteiger partial charge in [-0.25, -0.2) is 0 Å². The first-order valence-electron chi connectivity index (χ1n) is 9.66. The zero-order chi connectivity index (χ0) is 22.7. The van der Waals surface area contributed by atoms with E-state index in [4.69, 9.17) is 11.6 Å². The van der Waals surface area contributed by atoms with E-state index in [1.54, 1.807) is 36.4 Å². The predicted octanol–water partition coefficient (Wildman–Crippen LogP) is 5.13. The van der Waals surface area contributed by atoms with E-state index in [1.165, 1.54) is 0 Å². The maximum absolute atomic E-state index is 12.8. The first-order valence-corrected chi connectivity index (χ1v) is 10.8. The highest BCUT2D eigenvalue weighted by molar-refractivity contribution is 9.10. The van der Waals surface area contributed by atoms with Crippen molar-refractivity contribution >= 4 is 56.6 Å². The summed E-state index contributed by atoms with van der Waals surface area (Å²) >= 11 is 9.53. The van der Waals surface area contributed by atoms with Crippen LogP contribution in [0.3, 0.4) is 0 Å². The number of hydrogen-bond acceptors (Lipinski definition) is 4. The summed E-state index contributed by atoms with van der Waals surface area (Å²) in [6.45, 7) is 0.121. The smallest absolute Gasteiger partial charge is 0.279 e. The molecule has 160 valence electrons. The summed E-state index contributed by atoms with van der Waals surface area (Å²) in [7, 11) is 0. The fourth-order valence-electron chi connectivity index (χ4n) is 3.18. The minimum atomic E-state index is -0.563. The molecule has 0 spiro atoms. The van der Waals surface area contributed by atoms with Crippen LogP contribution in [-0.4, -0.2) is 22.6 Å². The molecule has 3 aromatic rings. The van der Waals surface area contributed by atoms with Crippen LogP contribution in [0, 0.1) is 0 Å². The van der Waals surface area contributed by atoms with Crippen LogP contribution < -0.4 is 10.6 Å². The summed E-state index contributed by atoms with van der Waals surface area (Å²) < 4.78 is 0.906. The number of hydrogen-bond donors (Lipinski definition) is 2. The Morgan fingerprint density at radius 3 is 2.31 bits per heavy atom. The van der Waals surface area contributed by atoms with Crippen molar-refractivity contribution in [3.8, 4) is 0 Å². The molecule has 4 rings (SSSR count). The number of amides is 3. The monoisotopic (exact) mass is 509 g/mol. The SMILES string of the molecule is O=C(Nc1ccc(Br)cc1)c1cccc(NC2=C(Cl)C(=O)N(Cc3ccccc3)C2=O)c1. The van der Waals surface area contributed by atoms with Crippen LogP contribution in [0.4, 0.5) is 11.4 Å². The summed E-state index contributed by atoms with van der Waals surface area (Å²) in [5.41, 5.74) is 2.29. The molecule has 3 amide bonds. The second-order valence-electron chi connectivity index (χ2n) is 7.04. The van der Waals surface area contributed by atoms with Gasteiger partial charge in [-0.2, -0.15) is 0 Å². The average molecular weight is 511 g/mol. The standard InChI is InChI=1S/C24H17BrClN3O3/c25-17-9-11-18(12-10-17)28-22(30)16-7-4-8-19(13-16)27-21-20(26)23(31)29(24(21)32)14-15-5-2-1-3-6-15/h1-13,27H,14H2,(H,28,30). The third kappa shape index (κ3) is 4.74. The van der Waals surface area contributed by atoms with E-state index in [1.807, 2.05) is 42.5 Å². The van der Waals surface area contributed by atoms with Crippen LogP contribution in [0.5, 0.6) is 0 Å². The van der Waals surface area contributed by atoms with Gasteiger partial charge in [-0.05, 0) is 48.0 Å². The van der Waals surface area contributed by atoms with Crippen molar-refractivity contribution in [3.63, 3.8) is 0 Å². The molecular formula is C24H17BrClN3O3. The number of halogens is 2. The normalized spacial score (nSPS) is 13.5. The number of imide groups is 1. The number of rotatable bonds is 6. The molecule has 0 aliphatic carbocycles. The van der Waals surface area contributed by atoms with Crippen LogP contribution in [0.2, 0.25) is 0 Å². The number of carbonyl (C=O) groups is 3. The third-order valence-corrected chi connectivity index (χ3v) is 5.67. The Morgan fingerprint density at radius 1 is 0.875 bits per heavy atom. The fraction of sp³-hybridized carbons (Fsp3) is 0.0417. The van der Waals surface area contributed by atoms with E-state index in [0.29, 0.717) is 16.9 Å². The fourth-order valence-corrected chi connectivity index (χ4v) is 3.68. The van der Waals surface area contributed by atoms with E-state index in [0.717, 1.165) is 14.9 Å². The molecule has 0 atom stereocenters. The molecule has 0 unspecified atom stereocenters. The number of nitrogens with one attached hydrogen (secondary N) is 2. The number of nitrogens with zero attached hydrogens (tertiary/aromatic N) is 1. The molecule has 0 saturated heterocycles. The van der Waals surface area contributed by atoms with E-state index >= 15 is 0 Å². The summed E-state index contributed by atoms with van der Waals surface area (Å²) in [4.78, 5) is 39.1. The van der Waals surface area contributed by atoms with Crippen molar-refractivity contribution in [3.05, 3.63) is 105 Å². The first kappa shape index (κ1) is 21.8. The van der Waals surface area contributed by atoms with E-state index in [2.05, 4.69) is 26.6 Å². The zero-order valence-corrected chi connectivity index (χ0v) is 19.0. The van der Waals surface area contributed by atoms with Gasteiger partial charge in [0.1, 0.15) is 10.7 Å². The van der Waals surface area contributed by atoms with Crippen molar-refractivity contribution < 1.29 is 14.4 Å². The summed E-state index contributed by atoms with van der Waals surface area (Å²) in [6.07, 6.45) is 0. The first-order chi connectivity index (χ1) is 15.4. The minimum absolute atomic E-state index is 0.0157. The van der Waals surface area contributed by atoms with Crippen molar-refractivity contribution in [1.29, 1.82) is 0 Å². The second kappa shape index (κ2) is 9.38. The molecular weight excluding hydrogens is 494 g/mol. The van der Waals surface area contributed by atoms with Gasteiger partial charge in [-0.15, -0.1) is 0 Å². The molecule has 2 N–H and O–H groups in total. The van der Waals surface area contributed by atoms with Crippen LogP contribution >= 0.6 is 27.5 Å². The Kier molecular flexibility index (Phi) is 6.39. The molecule has 32 heavy (non-hydrogen) atoms. The third-order valence-electron chi connectivity index (χ3n) is 4.79. The molecule has 0 radical (unpaired) electrons. The van der Waals surface area contributed by atoms with Crippen LogP contribution in [0.25, 0.3) is 0 Å². The van der Waals surface area contributed by atoms with Gasteiger partial charge in [-0.3, -0.25) is 19.3 Å². The lowest BCUT2D eigenvalue weighted by Gasteiger charge is -2.15. The Balaban J connectivity index is 1.49. The van der Waals surface area contributed by atoms with Gasteiger partial charge in [-0.1, -0.05) is 63.9 Å². The van der Waals surface area contributed by atoms with Gasteiger partial charge < -0.3 is 10.6 Å². The molecule has 1 aliphatic rings. The molecule has 0 aromatic heterocycles. The number of benzene rings is 3. The maximum Gasteiger partial charge on any atom is 0.279 e. The molecule has 1 heterocycles. The minimum Gasteiger partial charge on any atom is -0.350 e. The van der Waals surface area contributed by atoms with E-state index < -0.39 is 11.8 Å². The van der Waals surface area contributed by atoms with E-state index in [-0.39, 0.29) is 23.2 Å². The van der Waals surface area contributed by atoms with Crippen molar-refractivity contribution in [2.24, 2.45) is 0 Å². The summed E-state index contributed by atoms with van der Waals surface area (Å²) in [5, 5.41) is 5.53. The Hall–Kier alpha value is -3.42. The van der Waals surface area contributed by atoms with Gasteiger partial charge in [0.05, 0.1) is 6.54 Å². The van der Waals surface area contributed by atoms with Gasteiger partial charge in [0.2, 0.25) is 0 Å². The highest BCUT2D eigenvalue weighted by atomic mass is 79.9. The van der Waals surface area contributed by atoms with Crippen molar-refractivity contribution in [2.75, 3.05) is 10.6 Å². The van der Waals surface area contributed by atoms with Crippen LogP contribution in [0.15, 0.2) is 94.1 Å². The van der Waals surface area contributed by atoms with E-state index in [9.17, 15) is 14.4 Å². The lowest BCUT2D eigenvalue weighted by molar-refractivity contribution is -0.138. The van der Waals surface area contributed by atoms with Gasteiger partial charge in [0, 0.05) is 21.4 Å². The van der Waals surface area contributed by atoms with Crippen molar-refractivity contribution in [1.82, 2.24) is 4.90 Å². The lowest BCUT2D eigenvalue weighted by atomic mass is 10.1. The van der Waals surface area contributed by atoms with Crippen molar-refractivity contribution in [2.45, 2.75) is 6.54 Å². The number of carbonyl (C=O) groups excluding carboxylic acids is 3. The Bertz CT molecular complexity index is 1230. The quantitative estimate of drug-likeness (QED) is 0.451. The largest absolute Gasteiger partial charge is 0.350 e. The maximum atomic E-state index is 12.8. The highest BCUT2D eigenvalue weighted by Gasteiger charge is 2.37. The zero-order valence-electron chi connectivity index (χ0n) is 16.6. The Labute approximate surface area is 198 Å². The molecule has 1 aliphatic heterocycles. The van der Waals surface area contributed by atoms with Crippen LogP contribution in [0.1, 0.15) is 15.9 Å². The summed E-state index contributed by atoms with van der Waals surface area (Å²) in [6, 6.07) is 23.0. The average Bonchev–Trinajstić information content (AvgIpc) is 3.00. The molecule has 3 aromatic carbocycles. The van der Waals surface area contributed by atoms with Crippen LogP contribution in [-0.2, 0) is 16.1 Å². The van der Waals surface area contributed by atoms with Gasteiger partial charge >= 0.3 is 0 Å². The molecule has 0 fully saturated rings. The Morgan fingerprint density at radius 2 is 1.59 bits per heavy atom. The topological polar surface area (TPSA) is 78.5 Å². The van der Waals surface area contributed by atoms with Gasteiger partial charge in [0.15, 0.2) is 0 Å². The molecule has 0 bridgehead atoms. The molecule has 6 nitrogen and oxygen atoms in total. The highest BCUT2D eigenvalue weighted by Crippen LogP contribution is 2.27. The lowest BCUT2D eigenvalue weighted by Crippen LogP contribution is -2.31. The number of anilines is 2. The van der Waals surface area contributed by atoms with Gasteiger partial charge in [0.25, 0.3) is 17.7 Å². The summed E-state index contributed by atoms with van der Waals surface area (Å²) in [5.74, 6) is -1.39. The molecule has 8 heteroatoms.